The summed E-state index contributed by atoms with van der Waals surface area (Å²) >= 11 is 2.36. The molecular formula is C14H21IN2. The Morgan fingerprint density at radius 2 is 2.00 bits per heavy atom. The molecule has 1 atom stereocenters. The molecule has 0 amide bonds. The van der Waals surface area contributed by atoms with E-state index in [2.05, 4.69) is 70.8 Å². The van der Waals surface area contributed by atoms with Crippen LogP contribution in [0.2, 0.25) is 0 Å². The van der Waals surface area contributed by atoms with Gasteiger partial charge in [-0.1, -0.05) is 12.1 Å². The van der Waals surface area contributed by atoms with Crippen LogP contribution in [-0.2, 0) is 6.54 Å². The summed E-state index contributed by atoms with van der Waals surface area (Å²) in [6.07, 6.45) is 2.70. The van der Waals surface area contributed by atoms with Crippen molar-refractivity contribution in [2.45, 2.75) is 25.4 Å². The molecule has 0 bridgehead atoms. The summed E-state index contributed by atoms with van der Waals surface area (Å²) in [7, 11) is 4.34. The minimum Gasteiger partial charge on any atom is -0.308 e. The number of hydrogen-bond donors (Lipinski definition) is 0. The Morgan fingerprint density at radius 3 is 2.65 bits per heavy atom. The molecule has 1 saturated heterocycles. The second-order valence-electron chi connectivity index (χ2n) is 5.16. The smallest absolute Gasteiger partial charge is 0.0237 e. The van der Waals surface area contributed by atoms with Gasteiger partial charge in [0.2, 0.25) is 0 Å². The fraction of sp³-hybridized carbons (Fsp3) is 0.571. The molecule has 2 rings (SSSR count). The van der Waals surface area contributed by atoms with E-state index in [0.717, 1.165) is 12.6 Å². The van der Waals surface area contributed by atoms with Crippen LogP contribution in [0.15, 0.2) is 24.3 Å². The number of benzene rings is 1. The standard InChI is InChI=1S/C14H21IN2/c1-16(2)11-14-4-3-9-17(14)10-12-5-7-13(15)8-6-12/h5-8,14H,3-4,9-11H2,1-2H3. The molecular weight excluding hydrogens is 323 g/mol. The molecule has 1 aliphatic heterocycles. The van der Waals surface area contributed by atoms with E-state index in [1.165, 1.54) is 35.1 Å². The van der Waals surface area contributed by atoms with Gasteiger partial charge < -0.3 is 4.90 Å². The summed E-state index contributed by atoms with van der Waals surface area (Å²) in [5.41, 5.74) is 1.44. The largest absolute Gasteiger partial charge is 0.308 e. The van der Waals surface area contributed by atoms with Crippen molar-refractivity contribution in [1.29, 1.82) is 0 Å². The lowest BCUT2D eigenvalue weighted by atomic mass is 10.2. The number of likely N-dealkylation sites (N-methyl/N-ethyl adjacent to an activating group) is 1. The summed E-state index contributed by atoms with van der Waals surface area (Å²) in [6.45, 7) is 3.55. The summed E-state index contributed by atoms with van der Waals surface area (Å²) in [5.74, 6) is 0. The minimum absolute atomic E-state index is 0.740. The van der Waals surface area contributed by atoms with Gasteiger partial charge in [-0.3, -0.25) is 4.90 Å². The van der Waals surface area contributed by atoms with Gasteiger partial charge in [-0.15, -0.1) is 0 Å². The average molecular weight is 344 g/mol. The molecule has 0 aromatic heterocycles. The van der Waals surface area contributed by atoms with Crippen LogP contribution in [0, 0.1) is 3.57 Å². The van der Waals surface area contributed by atoms with Gasteiger partial charge in [0, 0.05) is 22.7 Å². The van der Waals surface area contributed by atoms with Gasteiger partial charge in [0.25, 0.3) is 0 Å². The summed E-state index contributed by atoms with van der Waals surface area (Å²) in [6, 6.07) is 9.66. The number of likely N-dealkylation sites (tertiary alicyclic amines) is 1. The molecule has 2 nitrogen and oxygen atoms in total. The quantitative estimate of drug-likeness (QED) is 0.775. The van der Waals surface area contributed by atoms with Crippen molar-refractivity contribution in [3.05, 3.63) is 33.4 Å². The monoisotopic (exact) mass is 344 g/mol. The fourth-order valence-electron chi connectivity index (χ4n) is 2.56. The van der Waals surface area contributed by atoms with Crippen molar-refractivity contribution in [1.82, 2.24) is 9.80 Å². The molecule has 94 valence electrons. The summed E-state index contributed by atoms with van der Waals surface area (Å²) in [4.78, 5) is 4.93. The number of rotatable bonds is 4. The maximum atomic E-state index is 2.63. The third-order valence-corrected chi connectivity index (χ3v) is 4.09. The highest BCUT2D eigenvalue weighted by Crippen LogP contribution is 2.20. The van der Waals surface area contributed by atoms with E-state index in [0.29, 0.717) is 0 Å². The summed E-state index contributed by atoms with van der Waals surface area (Å²) < 4.78 is 1.32. The van der Waals surface area contributed by atoms with E-state index >= 15 is 0 Å². The Balaban J connectivity index is 1.95. The lowest BCUT2D eigenvalue weighted by molar-refractivity contribution is 0.201. The first-order chi connectivity index (χ1) is 8.15. The minimum atomic E-state index is 0.740. The van der Waals surface area contributed by atoms with E-state index in [-0.39, 0.29) is 0 Å². The first kappa shape index (κ1) is 13.3. The topological polar surface area (TPSA) is 6.48 Å². The van der Waals surface area contributed by atoms with Gasteiger partial charge in [0.05, 0.1) is 0 Å². The zero-order chi connectivity index (χ0) is 12.3. The first-order valence-corrected chi connectivity index (χ1v) is 7.36. The zero-order valence-corrected chi connectivity index (χ0v) is 12.9. The second kappa shape index (κ2) is 6.16. The highest BCUT2D eigenvalue weighted by Gasteiger charge is 2.24. The highest BCUT2D eigenvalue weighted by atomic mass is 127. The van der Waals surface area contributed by atoms with Crippen molar-refractivity contribution in [2.75, 3.05) is 27.2 Å². The molecule has 0 saturated carbocycles. The van der Waals surface area contributed by atoms with Crippen LogP contribution >= 0.6 is 22.6 Å². The number of nitrogens with zero attached hydrogens (tertiary/aromatic N) is 2. The predicted molar refractivity (Wildman–Crippen MR) is 81.1 cm³/mol. The molecule has 1 unspecified atom stereocenters. The lowest BCUT2D eigenvalue weighted by Crippen LogP contribution is -2.37. The van der Waals surface area contributed by atoms with Crippen molar-refractivity contribution in [3.63, 3.8) is 0 Å². The number of halogens is 1. The first-order valence-electron chi connectivity index (χ1n) is 6.28. The highest BCUT2D eigenvalue weighted by molar-refractivity contribution is 14.1. The lowest BCUT2D eigenvalue weighted by Gasteiger charge is -2.27. The van der Waals surface area contributed by atoms with E-state index in [1.54, 1.807) is 0 Å². The molecule has 0 aliphatic carbocycles. The SMILES string of the molecule is CN(C)CC1CCCN1Cc1ccc(I)cc1. The van der Waals surface area contributed by atoms with Crippen molar-refractivity contribution < 1.29 is 0 Å². The normalized spacial score (nSPS) is 21.3. The second-order valence-corrected chi connectivity index (χ2v) is 6.40. The predicted octanol–water partition coefficient (Wildman–Crippen LogP) is 2.82. The van der Waals surface area contributed by atoms with Gasteiger partial charge in [-0.2, -0.15) is 0 Å². The van der Waals surface area contributed by atoms with Gasteiger partial charge in [-0.05, 0) is 73.8 Å². The molecule has 1 aromatic rings. The van der Waals surface area contributed by atoms with Gasteiger partial charge in [0.1, 0.15) is 0 Å². The molecule has 0 radical (unpaired) electrons. The van der Waals surface area contributed by atoms with Gasteiger partial charge in [-0.25, -0.2) is 0 Å². The summed E-state index contributed by atoms with van der Waals surface area (Å²) in [5, 5.41) is 0. The molecule has 1 aromatic carbocycles. The fourth-order valence-corrected chi connectivity index (χ4v) is 2.92. The maximum absolute atomic E-state index is 2.63. The Kier molecular flexibility index (Phi) is 4.82. The Morgan fingerprint density at radius 1 is 1.29 bits per heavy atom. The Hall–Kier alpha value is -0.130. The Labute approximate surface area is 118 Å². The van der Waals surface area contributed by atoms with Crippen LogP contribution < -0.4 is 0 Å². The molecule has 0 N–H and O–H groups in total. The molecule has 0 spiro atoms. The van der Waals surface area contributed by atoms with Crippen LogP contribution in [0.25, 0.3) is 0 Å². The van der Waals surface area contributed by atoms with Crippen LogP contribution in [-0.4, -0.2) is 43.0 Å². The Bertz CT molecular complexity index is 348. The van der Waals surface area contributed by atoms with E-state index in [4.69, 9.17) is 0 Å². The van der Waals surface area contributed by atoms with Gasteiger partial charge in [0.15, 0.2) is 0 Å². The van der Waals surface area contributed by atoms with Gasteiger partial charge >= 0.3 is 0 Å². The van der Waals surface area contributed by atoms with Crippen molar-refractivity contribution >= 4 is 22.6 Å². The van der Waals surface area contributed by atoms with Crippen LogP contribution in [0.4, 0.5) is 0 Å². The van der Waals surface area contributed by atoms with Crippen molar-refractivity contribution in [3.8, 4) is 0 Å². The molecule has 1 fully saturated rings. The molecule has 1 heterocycles. The van der Waals surface area contributed by atoms with E-state index < -0.39 is 0 Å². The molecule has 1 aliphatic rings. The van der Waals surface area contributed by atoms with Crippen LogP contribution in [0.5, 0.6) is 0 Å². The third kappa shape index (κ3) is 3.93. The van der Waals surface area contributed by atoms with Crippen LogP contribution in [0.1, 0.15) is 18.4 Å². The third-order valence-electron chi connectivity index (χ3n) is 3.37. The molecule has 17 heavy (non-hydrogen) atoms. The van der Waals surface area contributed by atoms with Crippen LogP contribution in [0.3, 0.4) is 0 Å². The maximum Gasteiger partial charge on any atom is 0.0237 e. The number of hydrogen-bond acceptors (Lipinski definition) is 2. The van der Waals surface area contributed by atoms with E-state index in [1.807, 2.05) is 0 Å². The zero-order valence-electron chi connectivity index (χ0n) is 10.7. The van der Waals surface area contributed by atoms with E-state index in [9.17, 15) is 0 Å². The molecule has 3 heteroatoms. The average Bonchev–Trinajstić information content (AvgIpc) is 2.68. The van der Waals surface area contributed by atoms with Crippen molar-refractivity contribution in [2.24, 2.45) is 0 Å².